The fourth-order valence-electron chi connectivity index (χ4n) is 0.376. The molecule has 1 heterocycles. The van der Waals surface area contributed by atoms with Gasteiger partial charge in [-0.25, -0.2) is 0 Å². The van der Waals surface area contributed by atoms with E-state index in [-0.39, 0.29) is 32.7 Å². The van der Waals surface area contributed by atoms with Crippen LogP contribution in [0.4, 0.5) is 0 Å². The van der Waals surface area contributed by atoms with Crippen LogP contribution >= 0.6 is 0 Å². The van der Waals surface area contributed by atoms with Crippen molar-refractivity contribution in [2.24, 2.45) is 4.99 Å². The van der Waals surface area contributed by atoms with Crippen LogP contribution in [0.2, 0.25) is 0 Å². The Bertz CT molecular complexity index is 83.0. The van der Waals surface area contributed by atoms with Crippen molar-refractivity contribution >= 4 is 17.8 Å². The molecule has 2 nitrogen and oxygen atoms in total. The Balaban J connectivity index is 0.000000360. The zero-order valence-electron chi connectivity index (χ0n) is 3.85. The van der Waals surface area contributed by atoms with Gasteiger partial charge in [0.05, 0.1) is 6.54 Å². The van der Waals surface area contributed by atoms with Crippen molar-refractivity contribution in [3.05, 3.63) is 0 Å². The maximum atomic E-state index is 4.64. The monoisotopic (exact) mass is 190 g/mol. The summed E-state index contributed by atoms with van der Waals surface area (Å²) < 4.78 is 0. The molecular formula is C3H5N2SY-. The Hall–Kier alpha value is 0.794. The molecule has 1 aliphatic rings. The Morgan fingerprint density at radius 3 is 2.57 bits per heavy atom. The summed E-state index contributed by atoms with van der Waals surface area (Å²) in [5, 5.41) is 3.55. The SMILES string of the molecule is [S-]C1=NCCN1.[Y]. The van der Waals surface area contributed by atoms with Crippen molar-refractivity contribution in [3.8, 4) is 0 Å². The Kier molecular flexibility index (Phi) is 4.18. The van der Waals surface area contributed by atoms with Crippen LogP contribution in [0.5, 0.6) is 0 Å². The summed E-state index contributed by atoms with van der Waals surface area (Å²) in [4.78, 5) is 3.86. The van der Waals surface area contributed by atoms with Crippen LogP contribution in [0.25, 0.3) is 0 Å². The van der Waals surface area contributed by atoms with Gasteiger partial charge in [0.15, 0.2) is 0 Å². The molecule has 0 atom stereocenters. The second-order valence-corrected chi connectivity index (χ2v) is 1.50. The maximum absolute atomic E-state index is 4.64. The fraction of sp³-hybridized carbons (Fsp3) is 0.667. The van der Waals surface area contributed by atoms with E-state index in [9.17, 15) is 0 Å². The predicted octanol–water partition coefficient (Wildman–Crippen LogP) is -0.510. The number of nitrogens with zero attached hydrogens (tertiary/aromatic N) is 1. The molecule has 0 bridgehead atoms. The van der Waals surface area contributed by atoms with Gasteiger partial charge in [0, 0.05) is 39.3 Å². The Morgan fingerprint density at radius 1 is 1.71 bits per heavy atom. The summed E-state index contributed by atoms with van der Waals surface area (Å²) >= 11 is 4.64. The third kappa shape index (κ3) is 2.57. The van der Waals surface area contributed by atoms with Crippen LogP contribution in [0.1, 0.15) is 0 Å². The van der Waals surface area contributed by atoms with Gasteiger partial charge in [0.25, 0.3) is 0 Å². The van der Waals surface area contributed by atoms with E-state index >= 15 is 0 Å². The van der Waals surface area contributed by atoms with E-state index in [4.69, 9.17) is 0 Å². The van der Waals surface area contributed by atoms with Crippen LogP contribution in [0.3, 0.4) is 0 Å². The van der Waals surface area contributed by atoms with Crippen molar-refractivity contribution in [1.29, 1.82) is 0 Å². The van der Waals surface area contributed by atoms with Crippen molar-refractivity contribution in [1.82, 2.24) is 5.32 Å². The quantitative estimate of drug-likeness (QED) is 0.520. The van der Waals surface area contributed by atoms with Crippen molar-refractivity contribution in [2.45, 2.75) is 0 Å². The van der Waals surface area contributed by atoms with Crippen LogP contribution in [0.15, 0.2) is 4.99 Å². The van der Waals surface area contributed by atoms with Crippen molar-refractivity contribution in [3.63, 3.8) is 0 Å². The summed E-state index contributed by atoms with van der Waals surface area (Å²) in [6.07, 6.45) is 0. The standard InChI is InChI=1S/C3H6N2S.Y/c6-3-4-1-2-5-3;/h1-2H2,(H2,4,5,6);/p-1. The topological polar surface area (TPSA) is 24.4 Å². The van der Waals surface area contributed by atoms with Gasteiger partial charge in [0.2, 0.25) is 0 Å². The molecule has 7 heavy (non-hydrogen) atoms. The summed E-state index contributed by atoms with van der Waals surface area (Å²) in [5.41, 5.74) is 0. The smallest absolute Gasteiger partial charge is 0.0561 e. The van der Waals surface area contributed by atoms with E-state index in [0.717, 1.165) is 13.1 Å². The third-order valence-electron chi connectivity index (χ3n) is 0.643. The molecule has 0 saturated heterocycles. The minimum absolute atomic E-state index is 0. The van der Waals surface area contributed by atoms with Crippen molar-refractivity contribution in [2.75, 3.05) is 13.1 Å². The molecule has 0 fully saturated rings. The molecule has 0 saturated carbocycles. The number of hydrogen-bond donors (Lipinski definition) is 1. The predicted molar refractivity (Wildman–Crippen MR) is 27.7 cm³/mol. The normalized spacial score (nSPS) is 16.9. The number of amidine groups is 1. The number of nitrogens with one attached hydrogen (secondary N) is 1. The summed E-state index contributed by atoms with van der Waals surface area (Å²) in [6, 6.07) is 0. The molecule has 0 aliphatic carbocycles. The van der Waals surface area contributed by atoms with E-state index in [1.807, 2.05) is 0 Å². The van der Waals surface area contributed by atoms with Crippen LogP contribution in [-0.2, 0) is 45.3 Å². The molecule has 1 aliphatic heterocycles. The van der Waals surface area contributed by atoms with E-state index in [2.05, 4.69) is 22.9 Å². The van der Waals surface area contributed by atoms with Gasteiger partial charge in [-0.05, 0) is 5.17 Å². The molecule has 4 heteroatoms. The summed E-state index contributed by atoms with van der Waals surface area (Å²) in [6.45, 7) is 1.79. The molecule has 0 spiro atoms. The van der Waals surface area contributed by atoms with E-state index in [0.29, 0.717) is 5.17 Å². The molecule has 1 N–H and O–H groups in total. The van der Waals surface area contributed by atoms with E-state index in [1.165, 1.54) is 0 Å². The third-order valence-corrected chi connectivity index (χ3v) is 0.917. The fourth-order valence-corrected chi connectivity index (χ4v) is 0.570. The van der Waals surface area contributed by atoms with Crippen LogP contribution in [-0.4, -0.2) is 18.3 Å². The zero-order valence-corrected chi connectivity index (χ0v) is 7.50. The second-order valence-electron chi connectivity index (χ2n) is 1.11. The molecule has 0 unspecified atom stereocenters. The first kappa shape index (κ1) is 7.79. The van der Waals surface area contributed by atoms with Gasteiger partial charge < -0.3 is 17.9 Å². The molecule has 0 aromatic rings. The minimum atomic E-state index is 0. The van der Waals surface area contributed by atoms with E-state index in [1.54, 1.807) is 0 Å². The number of rotatable bonds is 0. The molecule has 0 aromatic heterocycles. The van der Waals surface area contributed by atoms with Gasteiger partial charge in [-0.2, -0.15) is 0 Å². The average molecular weight is 190 g/mol. The first-order valence-electron chi connectivity index (χ1n) is 1.85. The molecule has 0 aromatic carbocycles. The minimum Gasteiger partial charge on any atom is -0.743 e. The van der Waals surface area contributed by atoms with Gasteiger partial charge in [-0.1, -0.05) is 0 Å². The van der Waals surface area contributed by atoms with Gasteiger partial charge >= 0.3 is 0 Å². The van der Waals surface area contributed by atoms with E-state index < -0.39 is 0 Å². The first-order chi connectivity index (χ1) is 2.89. The van der Waals surface area contributed by atoms with Crippen LogP contribution < -0.4 is 5.32 Å². The Labute approximate surface area is 73.4 Å². The summed E-state index contributed by atoms with van der Waals surface area (Å²) in [7, 11) is 0. The molecule has 1 radical (unpaired) electrons. The largest absolute Gasteiger partial charge is 0.743 e. The number of hydrogen-bond acceptors (Lipinski definition) is 3. The first-order valence-corrected chi connectivity index (χ1v) is 2.26. The van der Waals surface area contributed by atoms with Gasteiger partial charge in [0.1, 0.15) is 0 Å². The molecule has 1 rings (SSSR count). The van der Waals surface area contributed by atoms with Gasteiger partial charge in [-0.15, -0.1) is 0 Å². The van der Waals surface area contributed by atoms with Crippen LogP contribution in [0, 0.1) is 0 Å². The van der Waals surface area contributed by atoms with Gasteiger partial charge in [-0.3, -0.25) is 4.99 Å². The van der Waals surface area contributed by atoms with Crippen molar-refractivity contribution < 1.29 is 32.7 Å². The zero-order chi connectivity index (χ0) is 4.41. The summed E-state index contributed by atoms with van der Waals surface area (Å²) in [5.74, 6) is 0. The maximum Gasteiger partial charge on any atom is 0.0561 e. The average Bonchev–Trinajstić information content (AvgIpc) is 1.86. The number of aliphatic imine (C=N–C) groups is 1. The second kappa shape index (κ2) is 3.75. The molecule has 0 amide bonds. The molecular weight excluding hydrogens is 185 g/mol. The molecule has 37 valence electrons. The Morgan fingerprint density at radius 2 is 2.43 bits per heavy atom.